The number of hydrogen-bond acceptors (Lipinski definition) is 5. The summed E-state index contributed by atoms with van der Waals surface area (Å²) in [6.07, 6.45) is 0. The summed E-state index contributed by atoms with van der Waals surface area (Å²) in [7, 11) is 0. The summed E-state index contributed by atoms with van der Waals surface area (Å²) in [6, 6.07) is 6.36. The van der Waals surface area contributed by atoms with E-state index < -0.39 is 0 Å². The third-order valence-corrected chi connectivity index (χ3v) is 4.46. The predicted molar refractivity (Wildman–Crippen MR) is 67.9 cm³/mol. The SMILES string of the molecule is c1cc(SN2CCOCC2)c2ncsc2c1. The molecule has 0 amide bonds. The molecule has 84 valence electrons. The largest absolute Gasteiger partial charge is 0.379 e. The first kappa shape index (κ1) is 10.5. The minimum atomic E-state index is 0.833. The van der Waals surface area contributed by atoms with Gasteiger partial charge < -0.3 is 4.74 Å². The van der Waals surface area contributed by atoms with Gasteiger partial charge in [-0.1, -0.05) is 6.07 Å². The van der Waals surface area contributed by atoms with Crippen molar-refractivity contribution in [3.8, 4) is 0 Å². The second-order valence-corrected chi connectivity index (χ2v) is 5.61. The van der Waals surface area contributed by atoms with Gasteiger partial charge in [0.15, 0.2) is 0 Å². The molecule has 1 fully saturated rings. The topological polar surface area (TPSA) is 25.4 Å². The fourth-order valence-electron chi connectivity index (χ4n) is 1.71. The van der Waals surface area contributed by atoms with Gasteiger partial charge in [-0.3, -0.25) is 0 Å². The van der Waals surface area contributed by atoms with Crippen molar-refractivity contribution >= 4 is 33.5 Å². The highest BCUT2D eigenvalue weighted by Crippen LogP contribution is 2.31. The number of fused-ring (bicyclic) bond motifs is 1. The second kappa shape index (κ2) is 4.71. The highest BCUT2D eigenvalue weighted by molar-refractivity contribution is 7.97. The van der Waals surface area contributed by atoms with E-state index in [2.05, 4.69) is 27.5 Å². The highest BCUT2D eigenvalue weighted by Gasteiger charge is 2.13. The third-order valence-electron chi connectivity index (χ3n) is 2.52. The number of nitrogens with zero attached hydrogens (tertiary/aromatic N) is 2. The van der Waals surface area contributed by atoms with Crippen LogP contribution in [0.2, 0.25) is 0 Å². The number of morpholine rings is 1. The van der Waals surface area contributed by atoms with E-state index in [0.29, 0.717) is 0 Å². The molecule has 5 heteroatoms. The van der Waals surface area contributed by atoms with Crippen LogP contribution in [0.4, 0.5) is 0 Å². The quantitative estimate of drug-likeness (QED) is 0.767. The lowest BCUT2D eigenvalue weighted by Gasteiger charge is -2.25. The van der Waals surface area contributed by atoms with Crippen molar-refractivity contribution < 1.29 is 4.74 Å². The maximum atomic E-state index is 5.34. The molecule has 1 aromatic heterocycles. The van der Waals surface area contributed by atoms with E-state index in [4.69, 9.17) is 4.74 Å². The van der Waals surface area contributed by atoms with Gasteiger partial charge in [0.05, 0.1) is 33.8 Å². The summed E-state index contributed by atoms with van der Waals surface area (Å²) in [5.74, 6) is 0. The molecular formula is C11H12N2OS2. The average Bonchev–Trinajstić information content (AvgIpc) is 2.80. The van der Waals surface area contributed by atoms with E-state index in [1.165, 1.54) is 9.60 Å². The van der Waals surface area contributed by atoms with Crippen molar-refractivity contribution in [2.45, 2.75) is 4.90 Å². The van der Waals surface area contributed by atoms with Crippen LogP contribution in [0.25, 0.3) is 10.2 Å². The van der Waals surface area contributed by atoms with Crippen LogP contribution in [-0.2, 0) is 4.74 Å². The number of hydrogen-bond donors (Lipinski definition) is 0. The van der Waals surface area contributed by atoms with Gasteiger partial charge in [0.2, 0.25) is 0 Å². The van der Waals surface area contributed by atoms with E-state index in [-0.39, 0.29) is 0 Å². The van der Waals surface area contributed by atoms with Crippen LogP contribution in [0.15, 0.2) is 28.6 Å². The summed E-state index contributed by atoms with van der Waals surface area (Å²) in [5, 5.41) is 0. The van der Waals surface area contributed by atoms with E-state index >= 15 is 0 Å². The van der Waals surface area contributed by atoms with Crippen LogP contribution in [0.1, 0.15) is 0 Å². The van der Waals surface area contributed by atoms with Crippen LogP contribution in [0.3, 0.4) is 0 Å². The van der Waals surface area contributed by atoms with E-state index in [1.807, 2.05) is 5.51 Å². The average molecular weight is 252 g/mol. The van der Waals surface area contributed by atoms with Gasteiger partial charge in [-0.05, 0) is 24.1 Å². The molecule has 1 aliphatic heterocycles. The van der Waals surface area contributed by atoms with E-state index in [0.717, 1.165) is 31.8 Å². The molecule has 3 rings (SSSR count). The lowest BCUT2D eigenvalue weighted by Crippen LogP contribution is -2.30. The molecule has 1 aliphatic rings. The molecule has 1 aromatic carbocycles. The molecule has 0 N–H and O–H groups in total. The van der Waals surface area contributed by atoms with Crippen molar-refractivity contribution in [1.82, 2.24) is 9.29 Å². The fraction of sp³-hybridized carbons (Fsp3) is 0.364. The number of rotatable bonds is 2. The molecule has 0 spiro atoms. The molecule has 16 heavy (non-hydrogen) atoms. The molecule has 0 atom stereocenters. The van der Waals surface area contributed by atoms with Gasteiger partial charge in [-0.25, -0.2) is 9.29 Å². The van der Waals surface area contributed by atoms with Crippen molar-refractivity contribution in [1.29, 1.82) is 0 Å². The van der Waals surface area contributed by atoms with Crippen molar-refractivity contribution in [2.75, 3.05) is 26.3 Å². The van der Waals surface area contributed by atoms with Gasteiger partial charge in [0, 0.05) is 13.1 Å². The van der Waals surface area contributed by atoms with Gasteiger partial charge >= 0.3 is 0 Å². The van der Waals surface area contributed by atoms with Gasteiger partial charge in [0.1, 0.15) is 0 Å². The van der Waals surface area contributed by atoms with Crippen LogP contribution in [0.5, 0.6) is 0 Å². The number of aromatic nitrogens is 1. The zero-order valence-electron chi connectivity index (χ0n) is 8.76. The summed E-state index contributed by atoms with van der Waals surface area (Å²) in [4.78, 5) is 5.67. The van der Waals surface area contributed by atoms with Gasteiger partial charge in [-0.15, -0.1) is 11.3 Å². The zero-order valence-corrected chi connectivity index (χ0v) is 10.4. The molecule has 0 bridgehead atoms. The molecule has 0 saturated carbocycles. The maximum absolute atomic E-state index is 5.34. The Hall–Kier alpha value is -0.620. The second-order valence-electron chi connectivity index (χ2n) is 3.59. The van der Waals surface area contributed by atoms with Crippen molar-refractivity contribution in [3.63, 3.8) is 0 Å². The Kier molecular flexibility index (Phi) is 3.10. The molecule has 0 unspecified atom stereocenters. The summed E-state index contributed by atoms with van der Waals surface area (Å²) in [6.45, 7) is 3.65. The smallest absolute Gasteiger partial charge is 0.0960 e. The molecule has 0 radical (unpaired) electrons. The standard InChI is InChI=1S/C11H12N2OS2/c1-2-9-11(12-8-15-9)10(3-1)16-13-4-6-14-7-5-13/h1-3,8H,4-7H2. The van der Waals surface area contributed by atoms with Gasteiger partial charge in [0.25, 0.3) is 0 Å². The lowest BCUT2D eigenvalue weighted by molar-refractivity contribution is 0.0773. The first-order valence-corrected chi connectivity index (χ1v) is 6.92. The fourth-order valence-corrected chi connectivity index (χ4v) is 3.48. The Morgan fingerprint density at radius 2 is 2.19 bits per heavy atom. The van der Waals surface area contributed by atoms with Crippen LogP contribution in [0, 0.1) is 0 Å². The summed E-state index contributed by atoms with van der Waals surface area (Å²) in [5.41, 5.74) is 3.04. The maximum Gasteiger partial charge on any atom is 0.0960 e. The molecule has 2 aromatic rings. The zero-order chi connectivity index (χ0) is 10.8. The molecule has 2 heterocycles. The third kappa shape index (κ3) is 2.08. The molecule has 0 aliphatic carbocycles. The molecule has 3 nitrogen and oxygen atoms in total. The van der Waals surface area contributed by atoms with E-state index in [1.54, 1.807) is 23.3 Å². The highest BCUT2D eigenvalue weighted by atomic mass is 32.2. The van der Waals surface area contributed by atoms with E-state index in [9.17, 15) is 0 Å². The van der Waals surface area contributed by atoms with Crippen LogP contribution >= 0.6 is 23.3 Å². The van der Waals surface area contributed by atoms with Crippen LogP contribution in [-0.4, -0.2) is 35.6 Å². The number of para-hydroxylation sites is 1. The van der Waals surface area contributed by atoms with Crippen molar-refractivity contribution in [2.24, 2.45) is 0 Å². The summed E-state index contributed by atoms with van der Waals surface area (Å²) >= 11 is 3.49. The number of benzene rings is 1. The number of thiazole rings is 1. The first-order chi connectivity index (χ1) is 7.93. The monoisotopic (exact) mass is 252 g/mol. The lowest BCUT2D eigenvalue weighted by atomic mass is 10.3. The predicted octanol–water partition coefficient (Wildman–Crippen LogP) is 2.64. The van der Waals surface area contributed by atoms with Crippen LogP contribution < -0.4 is 0 Å². The molecule has 1 saturated heterocycles. The van der Waals surface area contributed by atoms with Gasteiger partial charge in [-0.2, -0.15) is 0 Å². The number of ether oxygens (including phenoxy) is 1. The Balaban J connectivity index is 1.85. The summed E-state index contributed by atoms with van der Waals surface area (Å²) < 4.78 is 8.95. The normalized spacial score (nSPS) is 18.0. The Bertz CT molecular complexity index is 480. The first-order valence-electron chi connectivity index (χ1n) is 5.26. The Labute approximate surface area is 103 Å². The minimum Gasteiger partial charge on any atom is -0.379 e. The Morgan fingerprint density at radius 1 is 1.31 bits per heavy atom. The molecular weight excluding hydrogens is 240 g/mol. The Morgan fingerprint density at radius 3 is 3.06 bits per heavy atom. The van der Waals surface area contributed by atoms with Crippen molar-refractivity contribution in [3.05, 3.63) is 23.7 Å². The minimum absolute atomic E-state index is 0.833.